The van der Waals surface area contributed by atoms with Crippen molar-refractivity contribution in [3.05, 3.63) is 58.0 Å². The Morgan fingerprint density at radius 3 is 2.47 bits per heavy atom. The number of hydrogen-bond donors (Lipinski definition) is 0. The Bertz CT molecular complexity index is 669. The third-order valence-electron chi connectivity index (χ3n) is 3.05. The molecule has 0 aliphatic heterocycles. The number of rotatable bonds is 2. The summed E-state index contributed by atoms with van der Waals surface area (Å²) in [6.45, 7) is 2.67. The van der Waals surface area contributed by atoms with Gasteiger partial charge in [0.25, 0.3) is 11.5 Å². The molecule has 1 heterocycles. The number of nitrogens with zero attached hydrogens (tertiary/aromatic N) is 1. The molecule has 0 aliphatic carbocycles. The van der Waals surface area contributed by atoms with Crippen molar-refractivity contribution in [3.63, 3.8) is 0 Å². The summed E-state index contributed by atoms with van der Waals surface area (Å²) < 4.78 is 28.6. The Hall–Kier alpha value is -1.97. The van der Waals surface area contributed by atoms with Crippen molar-refractivity contribution in [2.24, 2.45) is 7.05 Å². The zero-order chi connectivity index (χ0) is 14.2. The van der Waals surface area contributed by atoms with Crippen LogP contribution in [0, 0.1) is 6.92 Å². The first-order valence-electron chi connectivity index (χ1n) is 5.95. The van der Waals surface area contributed by atoms with Crippen LogP contribution >= 0.6 is 0 Å². The Labute approximate surface area is 110 Å². The summed E-state index contributed by atoms with van der Waals surface area (Å²) in [6, 6.07) is 8.35. The number of alkyl halides is 2. The molecule has 0 unspecified atom stereocenters. The van der Waals surface area contributed by atoms with Crippen molar-refractivity contribution < 1.29 is 8.78 Å². The minimum atomic E-state index is -3.05. The van der Waals surface area contributed by atoms with Crippen LogP contribution in [0.3, 0.4) is 0 Å². The van der Waals surface area contributed by atoms with E-state index in [4.69, 9.17) is 0 Å². The fourth-order valence-corrected chi connectivity index (χ4v) is 2.07. The van der Waals surface area contributed by atoms with Gasteiger partial charge in [0.15, 0.2) is 0 Å². The van der Waals surface area contributed by atoms with Crippen molar-refractivity contribution in [2.75, 3.05) is 0 Å². The minimum absolute atomic E-state index is 0.0706. The molecule has 1 aromatic carbocycles. The summed E-state index contributed by atoms with van der Waals surface area (Å²) in [5.41, 5.74) is 0.874. The first kappa shape index (κ1) is 13.5. The average Bonchev–Trinajstić information content (AvgIpc) is 2.31. The van der Waals surface area contributed by atoms with Crippen LogP contribution in [-0.4, -0.2) is 4.57 Å². The van der Waals surface area contributed by atoms with Crippen molar-refractivity contribution in [1.29, 1.82) is 0 Å². The second-order valence-corrected chi connectivity index (χ2v) is 4.78. The SMILES string of the molecule is Cc1cccc(-c2c(C(C)(F)F)ccn(C)c2=O)c1. The van der Waals surface area contributed by atoms with Gasteiger partial charge in [0.05, 0.1) is 5.56 Å². The highest BCUT2D eigenvalue weighted by Crippen LogP contribution is 2.33. The van der Waals surface area contributed by atoms with Gasteiger partial charge in [-0.25, -0.2) is 8.78 Å². The number of aryl methyl sites for hydroxylation is 2. The lowest BCUT2D eigenvalue weighted by Gasteiger charge is -2.16. The summed E-state index contributed by atoms with van der Waals surface area (Å²) in [6.07, 6.45) is 1.37. The molecule has 0 saturated carbocycles. The van der Waals surface area contributed by atoms with Crippen molar-refractivity contribution in [2.45, 2.75) is 19.8 Å². The van der Waals surface area contributed by atoms with Crippen LogP contribution in [0.15, 0.2) is 41.3 Å². The second-order valence-electron chi connectivity index (χ2n) is 4.78. The summed E-state index contributed by atoms with van der Waals surface area (Å²) in [5.74, 6) is -3.05. The molecule has 0 aliphatic rings. The van der Waals surface area contributed by atoms with Gasteiger partial charge in [-0.3, -0.25) is 4.79 Å². The molecule has 0 bridgehead atoms. The normalized spacial score (nSPS) is 11.6. The summed E-state index contributed by atoms with van der Waals surface area (Å²) in [4.78, 5) is 12.2. The van der Waals surface area contributed by atoms with Crippen molar-refractivity contribution in [1.82, 2.24) is 4.57 Å². The molecule has 19 heavy (non-hydrogen) atoms. The number of benzene rings is 1. The number of aromatic nitrogens is 1. The molecule has 2 aromatic rings. The highest BCUT2D eigenvalue weighted by atomic mass is 19.3. The molecule has 0 N–H and O–H groups in total. The van der Waals surface area contributed by atoms with E-state index in [9.17, 15) is 13.6 Å². The van der Waals surface area contributed by atoms with Crippen LogP contribution in [0.25, 0.3) is 11.1 Å². The van der Waals surface area contributed by atoms with Gasteiger partial charge in [-0.2, -0.15) is 0 Å². The molecule has 0 fully saturated rings. The van der Waals surface area contributed by atoms with Crippen LogP contribution in [0.2, 0.25) is 0 Å². The van der Waals surface area contributed by atoms with Gasteiger partial charge in [0.2, 0.25) is 0 Å². The third kappa shape index (κ3) is 2.57. The Morgan fingerprint density at radius 2 is 1.89 bits per heavy atom. The van der Waals surface area contributed by atoms with Crippen LogP contribution in [0.5, 0.6) is 0 Å². The molecule has 4 heteroatoms. The standard InChI is InChI=1S/C15H15F2NO/c1-10-5-4-6-11(9-10)13-12(15(2,16)17)7-8-18(3)14(13)19/h4-9H,1-3H3. The maximum atomic E-state index is 13.7. The Balaban J connectivity index is 2.81. The van der Waals surface area contributed by atoms with Gasteiger partial charge in [-0.15, -0.1) is 0 Å². The zero-order valence-corrected chi connectivity index (χ0v) is 11.1. The summed E-state index contributed by atoms with van der Waals surface area (Å²) in [5, 5.41) is 0. The van der Waals surface area contributed by atoms with Gasteiger partial charge in [-0.05, 0) is 18.6 Å². The van der Waals surface area contributed by atoms with E-state index in [1.165, 1.54) is 16.8 Å². The molecule has 2 nitrogen and oxygen atoms in total. The topological polar surface area (TPSA) is 22.0 Å². The smallest absolute Gasteiger partial charge is 0.271 e. The molecule has 0 spiro atoms. The molecule has 0 atom stereocenters. The molecular weight excluding hydrogens is 248 g/mol. The Morgan fingerprint density at radius 1 is 1.21 bits per heavy atom. The highest BCUT2D eigenvalue weighted by molar-refractivity contribution is 5.67. The predicted molar refractivity (Wildman–Crippen MR) is 71.4 cm³/mol. The number of hydrogen-bond acceptors (Lipinski definition) is 1. The van der Waals surface area contributed by atoms with Crippen LogP contribution in [-0.2, 0) is 13.0 Å². The number of pyridine rings is 1. The molecule has 0 radical (unpaired) electrons. The maximum absolute atomic E-state index is 13.7. The highest BCUT2D eigenvalue weighted by Gasteiger charge is 2.29. The first-order chi connectivity index (χ1) is 8.80. The molecular formula is C15H15F2NO. The monoisotopic (exact) mass is 263 g/mol. The van der Waals surface area contributed by atoms with Crippen LogP contribution < -0.4 is 5.56 Å². The fourth-order valence-electron chi connectivity index (χ4n) is 2.07. The predicted octanol–water partition coefficient (Wildman–Crippen LogP) is 3.47. The van der Waals surface area contributed by atoms with E-state index < -0.39 is 11.5 Å². The van der Waals surface area contributed by atoms with E-state index in [1.54, 1.807) is 25.2 Å². The largest absolute Gasteiger partial charge is 0.318 e. The zero-order valence-electron chi connectivity index (χ0n) is 11.1. The van der Waals surface area contributed by atoms with E-state index in [0.29, 0.717) is 5.56 Å². The van der Waals surface area contributed by atoms with Crippen LogP contribution in [0.1, 0.15) is 18.1 Å². The molecule has 100 valence electrons. The average molecular weight is 263 g/mol. The van der Waals surface area contributed by atoms with E-state index in [0.717, 1.165) is 12.5 Å². The quantitative estimate of drug-likeness (QED) is 0.813. The summed E-state index contributed by atoms with van der Waals surface area (Å²) >= 11 is 0. The van der Waals surface area contributed by atoms with E-state index in [2.05, 4.69) is 0 Å². The lowest BCUT2D eigenvalue weighted by atomic mass is 9.97. The van der Waals surface area contributed by atoms with Crippen molar-refractivity contribution in [3.8, 4) is 11.1 Å². The van der Waals surface area contributed by atoms with Gasteiger partial charge < -0.3 is 4.57 Å². The minimum Gasteiger partial charge on any atom is -0.318 e. The van der Waals surface area contributed by atoms with Gasteiger partial charge in [-0.1, -0.05) is 29.8 Å². The lowest BCUT2D eigenvalue weighted by Crippen LogP contribution is -2.23. The second kappa shape index (κ2) is 4.61. The van der Waals surface area contributed by atoms with Gasteiger partial charge in [0.1, 0.15) is 0 Å². The van der Waals surface area contributed by atoms with E-state index in [1.807, 2.05) is 13.0 Å². The Kier molecular flexibility index (Phi) is 3.27. The van der Waals surface area contributed by atoms with E-state index >= 15 is 0 Å². The molecule has 2 rings (SSSR count). The third-order valence-corrected chi connectivity index (χ3v) is 3.05. The van der Waals surface area contributed by atoms with Gasteiger partial charge in [0, 0.05) is 25.7 Å². The van der Waals surface area contributed by atoms with Gasteiger partial charge >= 0.3 is 0 Å². The number of halogens is 2. The first-order valence-corrected chi connectivity index (χ1v) is 5.95. The molecule has 0 amide bonds. The summed E-state index contributed by atoms with van der Waals surface area (Å²) in [7, 11) is 1.55. The van der Waals surface area contributed by atoms with Crippen molar-refractivity contribution >= 4 is 0 Å². The lowest BCUT2D eigenvalue weighted by molar-refractivity contribution is 0.0178. The fraction of sp³-hybridized carbons (Fsp3) is 0.267. The van der Waals surface area contributed by atoms with E-state index in [-0.39, 0.29) is 11.1 Å². The maximum Gasteiger partial charge on any atom is 0.271 e. The van der Waals surface area contributed by atoms with Crippen LogP contribution in [0.4, 0.5) is 8.78 Å². The molecule has 1 aromatic heterocycles. The molecule has 0 saturated heterocycles.